The largest absolute Gasteiger partial charge is 0.488 e. The Morgan fingerprint density at radius 2 is 2.12 bits per heavy atom. The van der Waals surface area contributed by atoms with Gasteiger partial charge in [-0.1, -0.05) is 38.0 Å². The fourth-order valence-corrected chi connectivity index (χ4v) is 1.37. The Balaban J connectivity index is 0.000000160. The normalized spacial score (nSPS) is 11.3. The fourth-order valence-electron chi connectivity index (χ4n) is 1.37. The second kappa shape index (κ2) is 6.88. The van der Waals surface area contributed by atoms with Gasteiger partial charge in [0.2, 0.25) is 0 Å². The van der Waals surface area contributed by atoms with Gasteiger partial charge in [-0.15, -0.1) is 0 Å². The number of ether oxygens (including phenoxy) is 1. The summed E-state index contributed by atoms with van der Waals surface area (Å²) in [5.41, 5.74) is 1.33. The Morgan fingerprint density at radius 3 is 2.50 bits per heavy atom. The number of unbranched alkanes of at least 4 members (excludes halogenated alkanes) is 2. The maximum Gasteiger partial charge on any atom is 0.303 e. The smallest absolute Gasteiger partial charge is 0.303 e. The molecule has 0 fully saturated rings. The first kappa shape index (κ1) is 12.6. The summed E-state index contributed by atoms with van der Waals surface area (Å²) in [6, 6.07) is 8.08. The third-order valence-electron chi connectivity index (χ3n) is 2.35. The number of carboxylic acid groups (broad SMARTS) is 1. The zero-order valence-electron chi connectivity index (χ0n) is 9.61. The van der Waals surface area contributed by atoms with Gasteiger partial charge in [-0.3, -0.25) is 4.79 Å². The molecule has 0 aromatic heterocycles. The van der Waals surface area contributed by atoms with Crippen LogP contribution in [0.2, 0.25) is 0 Å². The molecule has 1 aromatic rings. The molecule has 0 spiro atoms. The Kier molecular flexibility index (Phi) is 5.40. The van der Waals surface area contributed by atoms with E-state index in [0.717, 1.165) is 31.6 Å². The molecule has 0 aliphatic carbocycles. The minimum atomic E-state index is -0.682. The van der Waals surface area contributed by atoms with Crippen LogP contribution in [0.1, 0.15) is 38.2 Å². The molecule has 3 heteroatoms. The number of carbonyl (C=O) groups is 1. The van der Waals surface area contributed by atoms with Crippen LogP contribution in [0, 0.1) is 0 Å². The number of fused-ring (bicyclic) bond motifs is 1. The molecule has 1 aliphatic rings. The van der Waals surface area contributed by atoms with E-state index in [1.807, 2.05) is 18.2 Å². The lowest BCUT2D eigenvalue weighted by molar-refractivity contribution is -0.137. The monoisotopic (exact) mass is 222 g/mol. The molecule has 0 saturated carbocycles. The number of aliphatic carboxylic acids is 1. The Morgan fingerprint density at radius 1 is 1.38 bits per heavy atom. The van der Waals surface area contributed by atoms with Crippen molar-refractivity contribution in [3.05, 3.63) is 29.8 Å². The van der Waals surface area contributed by atoms with E-state index in [9.17, 15) is 4.79 Å². The summed E-state index contributed by atoms with van der Waals surface area (Å²) in [6.45, 7) is 2.86. The molecule has 0 unspecified atom stereocenters. The summed E-state index contributed by atoms with van der Waals surface area (Å²) in [7, 11) is 0. The van der Waals surface area contributed by atoms with Crippen LogP contribution in [0.3, 0.4) is 0 Å². The average Bonchev–Trinajstić information content (AvgIpc) is 2.21. The van der Waals surface area contributed by atoms with Gasteiger partial charge >= 0.3 is 5.97 Å². The van der Waals surface area contributed by atoms with Gasteiger partial charge in [0.15, 0.2) is 0 Å². The average molecular weight is 222 g/mol. The molecule has 1 heterocycles. The summed E-state index contributed by atoms with van der Waals surface area (Å²) in [5.74, 6) is 0.367. The van der Waals surface area contributed by atoms with Crippen molar-refractivity contribution >= 4 is 5.97 Å². The van der Waals surface area contributed by atoms with Crippen LogP contribution in [-0.4, -0.2) is 11.1 Å². The SMILES string of the molecule is CCCCCC(=O)O.c1ccc2c(c1)CO2. The summed E-state index contributed by atoms with van der Waals surface area (Å²) < 4.78 is 5.08. The zero-order chi connectivity index (χ0) is 11.8. The van der Waals surface area contributed by atoms with Crippen LogP contribution < -0.4 is 4.74 Å². The van der Waals surface area contributed by atoms with E-state index in [0.29, 0.717) is 6.42 Å². The maximum absolute atomic E-state index is 9.87. The van der Waals surface area contributed by atoms with Gasteiger partial charge in [-0.2, -0.15) is 0 Å². The highest BCUT2D eigenvalue weighted by atomic mass is 16.5. The molecule has 3 nitrogen and oxygen atoms in total. The molecule has 0 saturated heterocycles. The Hall–Kier alpha value is -1.51. The van der Waals surface area contributed by atoms with Crippen molar-refractivity contribution < 1.29 is 14.6 Å². The quantitative estimate of drug-likeness (QED) is 0.795. The molecule has 2 rings (SSSR count). The van der Waals surface area contributed by atoms with E-state index >= 15 is 0 Å². The number of benzene rings is 1. The van der Waals surface area contributed by atoms with Crippen LogP contribution in [0.4, 0.5) is 0 Å². The summed E-state index contributed by atoms with van der Waals surface area (Å²) in [5, 5.41) is 8.14. The van der Waals surface area contributed by atoms with Gasteiger partial charge in [-0.25, -0.2) is 0 Å². The molecule has 88 valence electrons. The molecular weight excluding hydrogens is 204 g/mol. The van der Waals surface area contributed by atoms with Gasteiger partial charge < -0.3 is 9.84 Å². The lowest BCUT2D eigenvalue weighted by Crippen LogP contribution is -2.07. The second-order valence-electron chi connectivity index (χ2n) is 3.75. The first-order valence-corrected chi connectivity index (χ1v) is 5.66. The molecule has 16 heavy (non-hydrogen) atoms. The number of carboxylic acids is 1. The van der Waals surface area contributed by atoms with Crippen molar-refractivity contribution in [3.63, 3.8) is 0 Å². The predicted octanol–water partition coefficient (Wildman–Crippen LogP) is 3.23. The van der Waals surface area contributed by atoms with Crippen LogP contribution in [0.15, 0.2) is 24.3 Å². The van der Waals surface area contributed by atoms with Gasteiger partial charge in [-0.05, 0) is 12.5 Å². The van der Waals surface area contributed by atoms with Crippen molar-refractivity contribution in [1.82, 2.24) is 0 Å². The van der Waals surface area contributed by atoms with Crippen molar-refractivity contribution in [3.8, 4) is 5.75 Å². The van der Waals surface area contributed by atoms with E-state index in [2.05, 4.69) is 13.0 Å². The molecule has 0 amide bonds. The zero-order valence-corrected chi connectivity index (χ0v) is 9.61. The summed E-state index contributed by atoms with van der Waals surface area (Å²) in [4.78, 5) is 9.87. The summed E-state index contributed by atoms with van der Waals surface area (Å²) >= 11 is 0. The van der Waals surface area contributed by atoms with Crippen molar-refractivity contribution in [2.24, 2.45) is 0 Å². The minimum absolute atomic E-state index is 0.327. The van der Waals surface area contributed by atoms with E-state index in [-0.39, 0.29) is 0 Å². The van der Waals surface area contributed by atoms with Crippen molar-refractivity contribution in [1.29, 1.82) is 0 Å². The Labute approximate surface area is 96.1 Å². The summed E-state index contributed by atoms with van der Waals surface area (Å²) in [6.07, 6.45) is 3.28. The first-order valence-electron chi connectivity index (χ1n) is 5.66. The van der Waals surface area contributed by atoms with Crippen molar-refractivity contribution in [2.45, 2.75) is 39.2 Å². The molecule has 0 radical (unpaired) electrons. The Bertz CT molecular complexity index is 311. The van der Waals surface area contributed by atoms with Crippen LogP contribution in [0.25, 0.3) is 0 Å². The van der Waals surface area contributed by atoms with E-state index < -0.39 is 5.97 Å². The topological polar surface area (TPSA) is 46.5 Å². The van der Waals surface area contributed by atoms with E-state index in [1.54, 1.807) is 0 Å². The number of rotatable bonds is 4. The third kappa shape index (κ3) is 4.34. The molecular formula is C13H18O3. The van der Waals surface area contributed by atoms with Crippen LogP contribution in [0.5, 0.6) is 5.75 Å². The van der Waals surface area contributed by atoms with Gasteiger partial charge in [0, 0.05) is 12.0 Å². The first-order chi connectivity index (χ1) is 7.74. The molecule has 1 aromatic carbocycles. The molecule has 1 aliphatic heterocycles. The predicted molar refractivity (Wildman–Crippen MR) is 62.6 cm³/mol. The molecule has 0 bridgehead atoms. The lowest BCUT2D eigenvalue weighted by atomic mass is 10.1. The van der Waals surface area contributed by atoms with Gasteiger partial charge in [0.25, 0.3) is 0 Å². The highest BCUT2D eigenvalue weighted by Gasteiger charge is 2.10. The highest BCUT2D eigenvalue weighted by Crippen LogP contribution is 2.27. The number of hydrogen-bond acceptors (Lipinski definition) is 2. The van der Waals surface area contributed by atoms with Gasteiger partial charge in [0.1, 0.15) is 12.4 Å². The third-order valence-corrected chi connectivity index (χ3v) is 2.35. The highest BCUT2D eigenvalue weighted by molar-refractivity contribution is 5.66. The standard InChI is InChI=1S/C7H6O.C6H12O2/c1-2-4-7-6(3-1)5-8-7;1-2-3-4-5-6(7)8/h1-4H,5H2;2-5H2,1H3,(H,7,8). The van der Waals surface area contributed by atoms with Crippen LogP contribution in [-0.2, 0) is 11.4 Å². The molecule has 0 atom stereocenters. The van der Waals surface area contributed by atoms with Crippen LogP contribution >= 0.6 is 0 Å². The second-order valence-corrected chi connectivity index (χ2v) is 3.75. The number of para-hydroxylation sites is 1. The minimum Gasteiger partial charge on any atom is -0.488 e. The fraction of sp³-hybridized carbons (Fsp3) is 0.462. The molecule has 1 N–H and O–H groups in total. The lowest BCUT2D eigenvalue weighted by Gasteiger charge is -2.18. The van der Waals surface area contributed by atoms with Crippen molar-refractivity contribution in [2.75, 3.05) is 0 Å². The van der Waals surface area contributed by atoms with E-state index in [1.165, 1.54) is 5.56 Å². The van der Waals surface area contributed by atoms with Gasteiger partial charge in [0.05, 0.1) is 0 Å². The number of hydrogen-bond donors (Lipinski definition) is 1. The maximum atomic E-state index is 9.87. The van der Waals surface area contributed by atoms with E-state index in [4.69, 9.17) is 9.84 Å².